The molecule has 0 aromatic carbocycles. The molecule has 2 aliphatic rings. The Labute approximate surface area is 117 Å². The maximum Gasteiger partial charge on any atom is 0.307 e. The Morgan fingerprint density at radius 1 is 1.55 bits per heavy atom. The first-order chi connectivity index (χ1) is 9.49. The number of carboxylic acids is 1. The highest BCUT2D eigenvalue weighted by Crippen LogP contribution is 2.15. The van der Waals surface area contributed by atoms with Crippen LogP contribution in [0.2, 0.25) is 0 Å². The number of hydrogen-bond acceptors (Lipinski definition) is 3. The van der Waals surface area contributed by atoms with E-state index < -0.39 is 5.97 Å². The number of halogens is 1. The van der Waals surface area contributed by atoms with Crippen molar-refractivity contribution >= 4 is 12.2 Å². The lowest BCUT2D eigenvalue weighted by molar-refractivity contribution is -0.136. The first-order valence-electron chi connectivity index (χ1n) is 6.42. The van der Waals surface area contributed by atoms with Gasteiger partial charge in [-0.3, -0.25) is 4.79 Å². The van der Waals surface area contributed by atoms with Crippen LogP contribution in [-0.4, -0.2) is 17.3 Å². The van der Waals surface area contributed by atoms with Gasteiger partial charge in [0.05, 0.1) is 6.42 Å². The van der Waals surface area contributed by atoms with Crippen LogP contribution in [0.15, 0.2) is 52.6 Å². The quantitative estimate of drug-likeness (QED) is 0.815. The fourth-order valence-electron chi connectivity index (χ4n) is 1.60. The standard InChI is InChI=1S/C8H10N2O2.C7H9F/c9-8-6(5-7(11)12)3-1-2-4-10-8;1-6-2-4-7(8)5-3-6/h1,3-4H,2,5,9H2,(H,11,12);2,4-6H,3H2,1H3/t;6-/m.0/s1. The molecule has 0 radical (unpaired) electrons. The Morgan fingerprint density at radius 3 is 2.85 bits per heavy atom. The predicted octanol–water partition coefficient (Wildman–Crippen LogP) is 3.10. The summed E-state index contributed by atoms with van der Waals surface area (Å²) in [5, 5.41) is 8.50. The number of carbonyl (C=O) groups is 1. The smallest absolute Gasteiger partial charge is 0.307 e. The number of rotatable bonds is 2. The number of nitrogens with two attached hydrogens (primary N) is 1. The van der Waals surface area contributed by atoms with Crippen molar-refractivity contribution in [1.29, 1.82) is 0 Å². The summed E-state index contributed by atoms with van der Waals surface area (Å²) in [7, 11) is 0. The number of allylic oxidation sites excluding steroid dienone is 6. The van der Waals surface area contributed by atoms with Gasteiger partial charge < -0.3 is 10.8 Å². The number of carboxylic acid groups (broad SMARTS) is 1. The van der Waals surface area contributed by atoms with Crippen LogP contribution in [0.1, 0.15) is 26.2 Å². The summed E-state index contributed by atoms with van der Waals surface area (Å²) in [4.78, 5) is 14.2. The molecule has 108 valence electrons. The number of aliphatic carboxylic acids is 1. The predicted molar refractivity (Wildman–Crippen MR) is 77.8 cm³/mol. The molecule has 1 aliphatic heterocycles. The molecule has 20 heavy (non-hydrogen) atoms. The lowest BCUT2D eigenvalue weighted by Crippen LogP contribution is -2.03. The van der Waals surface area contributed by atoms with Crippen LogP contribution in [0, 0.1) is 5.92 Å². The Bertz CT molecular complexity index is 502. The van der Waals surface area contributed by atoms with Crippen LogP contribution >= 0.6 is 0 Å². The second kappa shape index (κ2) is 8.09. The SMILES string of the molecule is C[C@H]1C=CC(F)=CC1.NC1=C(CC(=O)O)C=CCC=N1. The molecule has 0 amide bonds. The molecule has 0 fully saturated rings. The largest absolute Gasteiger partial charge is 0.481 e. The normalized spacial score (nSPS) is 20.9. The van der Waals surface area contributed by atoms with E-state index in [0.717, 1.165) is 6.42 Å². The minimum atomic E-state index is -0.894. The third-order valence-corrected chi connectivity index (χ3v) is 2.73. The maximum absolute atomic E-state index is 12.1. The molecule has 3 N–H and O–H groups in total. The number of nitrogens with zero attached hydrogens (tertiary/aromatic N) is 1. The van der Waals surface area contributed by atoms with E-state index in [-0.39, 0.29) is 12.2 Å². The average molecular weight is 278 g/mol. The molecule has 1 aliphatic carbocycles. The molecular formula is C15H19FN2O2. The summed E-state index contributed by atoms with van der Waals surface area (Å²) in [5.74, 6) is -0.168. The summed E-state index contributed by atoms with van der Waals surface area (Å²) in [6.07, 6.45) is 11.7. The molecule has 0 aromatic rings. The van der Waals surface area contributed by atoms with Crippen LogP contribution in [0.4, 0.5) is 4.39 Å². The zero-order chi connectivity index (χ0) is 15.0. The second-order valence-electron chi connectivity index (χ2n) is 4.59. The zero-order valence-electron chi connectivity index (χ0n) is 11.4. The van der Waals surface area contributed by atoms with Crippen LogP contribution in [0.5, 0.6) is 0 Å². The number of aliphatic imine (C=N–C) groups is 1. The summed E-state index contributed by atoms with van der Waals surface area (Å²) in [6.45, 7) is 2.07. The molecule has 0 aromatic heterocycles. The van der Waals surface area contributed by atoms with Crippen molar-refractivity contribution in [1.82, 2.24) is 0 Å². The summed E-state index contributed by atoms with van der Waals surface area (Å²) in [5.41, 5.74) is 6.06. The number of hydrogen-bond donors (Lipinski definition) is 2. The fourth-order valence-corrected chi connectivity index (χ4v) is 1.60. The van der Waals surface area contributed by atoms with Crippen LogP contribution in [-0.2, 0) is 4.79 Å². The van der Waals surface area contributed by atoms with Gasteiger partial charge in [0.25, 0.3) is 0 Å². The van der Waals surface area contributed by atoms with Crippen molar-refractivity contribution < 1.29 is 14.3 Å². The Kier molecular flexibility index (Phi) is 6.43. The van der Waals surface area contributed by atoms with Gasteiger partial charge in [0.2, 0.25) is 0 Å². The van der Waals surface area contributed by atoms with Gasteiger partial charge in [-0.15, -0.1) is 0 Å². The summed E-state index contributed by atoms with van der Waals surface area (Å²) >= 11 is 0. The maximum atomic E-state index is 12.1. The van der Waals surface area contributed by atoms with Gasteiger partial charge in [0.1, 0.15) is 11.6 Å². The van der Waals surface area contributed by atoms with E-state index in [2.05, 4.69) is 11.9 Å². The first kappa shape index (κ1) is 15.9. The van der Waals surface area contributed by atoms with E-state index in [9.17, 15) is 9.18 Å². The lowest BCUT2D eigenvalue weighted by atomic mass is 10.0. The van der Waals surface area contributed by atoms with E-state index in [1.54, 1.807) is 18.4 Å². The van der Waals surface area contributed by atoms with Gasteiger partial charge in [-0.1, -0.05) is 25.2 Å². The lowest BCUT2D eigenvalue weighted by Gasteiger charge is -2.04. The molecular weight excluding hydrogens is 259 g/mol. The Morgan fingerprint density at radius 2 is 2.30 bits per heavy atom. The average Bonchev–Trinajstić information content (AvgIpc) is 2.59. The van der Waals surface area contributed by atoms with Crippen molar-refractivity contribution in [3.05, 3.63) is 47.6 Å². The molecule has 0 bridgehead atoms. The van der Waals surface area contributed by atoms with Gasteiger partial charge in [-0.05, 0) is 24.5 Å². The third kappa shape index (κ3) is 6.13. The van der Waals surface area contributed by atoms with Gasteiger partial charge in [-0.25, -0.2) is 9.38 Å². The second-order valence-corrected chi connectivity index (χ2v) is 4.59. The van der Waals surface area contributed by atoms with E-state index in [4.69, 9.17) is 10.8 Å². The van der Waals surface area contributed by atoms with Crippen molar-refractivity contribution in [3.63, 3.8) is 0 Å². The van der Waals surface area contributed by atoms with E-state index in [1.807, 2.05) is 12.2 Å². The molecule has 5 heteroatoms. The molecule has 0 unspecified atom stereocenters. The third-order valence-electron chi connectivity index (χ3n) is 2.73. The fraction of sp³-hybridized carbons (Fsp3) is 0.333. The molecule has 1 atom stereocenters. The minimum Gasteiger partial charge on any atom is -0.481 e. The van der Waals surface area contributed by atoms with Crippen molar-refractivity contribution in [2.24, 2.45) is 16.6 Å². The molecule has 0 saturated heterocycles. The molecule has 4 nitrogen and oxygen atoms in total. The van der Waals surface area contributed by atoms with Crippen LogP contribution in [0.25, 0.3) is 0 Å². The topological polar surface area (TPSA) is 75.7 Å². The van der Waals surface area contributed by atoms with Crippen molar-refractivity contribution in [3.8, 4) is 0 Å². The van der Waals surface area contributed by atoms with Crippen LogP contribution in [0.3, 0.4) is 0 Å². The highest BCUT2D eigenvalue weighted by molar-refractivity contribution is 5.72. The highest BCUT2D eigenvalue weighted by atomic mass is 19.1. The van der Waals surface area contributed by atoms with Gasteiger partial charge >= 0.3 is 5.97 Å². The minimum absolute atomic E-state index is 0.0698. The first-order valence-corrected chi connectivity index (χ1v) is 6.42. The molecule has 0 spiro atoms. The van der Waals surface area contributed by atoms with Crippen molar-refractivity contribution in [2.75, 3.05) is 0 Å². The monoisotopic (exact) mass is 278 g/mol. The molecule has 2 rings (SSSR count). The Balaban J connectivity index is 0.000000217. The van der Waals surface area contributed by atoms with Crippen LogP contribution < -0.4 is 5.73 Å². The van der Waals surface area contributed by atoms with Gasteiger partial charge in [0, 0.05) is 18.2 Å². The zero-order valence-corrected chi connectivity index (χ0v) is 11.4. The van der Waals surface area contributed by atoms with E-state index in [1.165, 1.54) is 6.08 Å². The van der Waals surface area contributed by atoms with E-state index >= 15 is 0 Å². The summed E-state index contributed by atoms with van der Waals surface area (Å²) in [6, 6.07) is 0. The Hall–Kier alpha value is -2.17. The molecule has 0 saturated carbocycles. The summed E-state index contributed by atoms with van der Waals surface area (Å²) < 4.78 is 12.1. The van der Waals surface area contributed by atoms with Gasteiger partial charge in [-0.2, -0.15) is 0 Å². The molecule has 1 heterocycles. The van der Waals surface area contributed by atoms with Gasteiger partial charge in [0.15, 0.2) is 0 Å². The van der Waals surface area contributed by atoms with E-state index in [0.29, 0.717) is 23.7 Å². The van der Waals surface area contributed by atoms with Crippen molar-refractivity contribution in [2.45, 2.75) is 26.2 Å². The highest BCUT2D eigenvalue weighted by Gasteiger charge is 2.05.